The number of ether oxygens (including phenoxy) is 1. The summed E-state index contributed by atoms with van der Waals surface area (Å²) in [5.41, 5.74) is 0.930. The molecule has 78 valence electrons. The average molecular weight is 206 g/mol. The van der Waals surface area contributed by atoms with Crippen LogP contribution in [-0.4, -0.2) is 23.1 Å². The van der Waals surface area contributed by atoms with Gasteiger partial charge in [-0.1, -0.05) is 30.3 Å². The van der Waals surface area contributed by atoms with E-state index in [0.29, 0.717) is 11.4 Å². The summed E-state index contributed by atoms with van der Waals surface area (Å²) in [6, 6.07) is 9.31. The summed E-state index contributed by atoms with van der Waals surface area (Å²) < 4.78 is 4.80. The van der Waals surface area contributed by atoms with E-state index in [2.05, 4.69) is 0 Å². The predicted octanol–water partition coefficient (Wildman–Crippen LogP) is 0.450. The van der Waals surface area contributed by atoms with Crippen molar-refractivity contribution < 1.29 is 14.3 Å². The Balaban J connectivity index is 2.09. The Hall–Kier alpha value is -1.88. The second-order valence-electron chi connectivity index (χ2n) is 3.27. The number of benzene rings is 1. The van der Waals surface area contributed by atoms with Crippen LogP contribution in [0.1, 0.15) is 5.56 Å². The summed E-state index contributed by atoms with van der Waals surface area (Å²) in [6.45, 7) is 0. The highest BCUT2D eigenvalue weighted by atomic mass is 16.6. The van der Waals surface area contributed by atoms with Crippen LogP contribution in [0.5, 0.6) is 0 Å². The van der Waals surface area contributed by atoms with Gasteiger partial charge in [-0.3, -0.25) is 4.79 Å². The lowest BCUT2D eigenvalue weighted by molar-refractivity contribution is -0.129. The largest absolute Gasteiger partial charge is 0.434 e. The summed E-state index contributed by atoms with van der Waals surface area (Å²) in [6.07, 6.45) is -1.22. The van der Waals surface area contributed by atoms with E-state index in [-0.39, 0.29) is 0 Å². The second-order valence-corrected chi connectivity index (χ2v) is 3.27. The first kappa shape index (κ1) is 9.67. The minimum atomic E-state index is -0.791. The standard InChI is InChI=1S/C10H10N2O3/c11-12-9(13)8(15-10(12)14)6-7-4-2-1-3-5-7/h1-5,8H,6,11H2. The fourth-order valence-electron chi connectivity index (χ4n) is 1.43. The molecule has 1 heterocycles. The van der Waals surface area contributed by atoms with Gasteiger partial charge < -0.3 is 4.74 Å². The molecular weight excluding hydrogens is 196 g/mol. The predicted molar refractivity (Wildman–Crippen MR) is 51.4 cm³/mol. The van der Waals surface area contributed by atoms with Crippen molar-refractivity contribution in [3.63, 3.8) is 0 Å². The number of hydrogen-bond acceptors (Lipinski definition) is 4. The first-order valence-corrected chi connectivity index (χ1v) is 4.51. The smallest absolute Gasteiger partial charge is 0.432 e. The zero-order valence-electron chi connectivity index (χ0n) is 7.92. The minimum Gasteiger partial charge on any atom is -0.434 e. The van der Waals surface area contributed by atoms with E-state index in [1.807, 2.05) is 30.3 Å². The van der Waals surface area contributed by atoms with E-state index in [0.717, 1.165) is 5.56 Å². The van der Waals surface area contributed by atoms with Crippen LogP contribution in [0.25, 0.3) is 0 Å². The summed E-state index contributed by atoms with van der Waals surface area (Å²) in [4.78, 5) is 22.3. The van der Waals surface area contributed by atoms with Gasteiger partial charge in [0.05, 0.1) is 0 Å². The zero-order valence-corrected chi connectivity index (χ0v) is 7.92. The molecule has 1 aromatic carbocycles. The van der Waals surface area contributed by atoms with Crippen LogP contribution in [0.4, 0.5) is 4.79 Å². The number of carbonyl (C=O) groups excluding carboxylic acids is 2. The fraction of sp³-hybridized carbons (Fsp3) is 0.200. The normalized spacial score (nSPS) is 20.6. The van der Waals surface area contributed by atoms with Crippen LogP contribution in [0, 0.1) is 0 Å². The molecule has 5 nitrogen and oxygen atoms in total. The summed E-state index contributed by atoms with van der Waals surface area (Å²) in [5, 5.41) is 0.508. The number of nitrogens with zero attached hydrogens (tertiary/aromatic N) is 1. The summed E-state index contributed by atoms with van der Waals surface area (Å²) >= 11 is 0. The van der Waals surface area contributed by atoms with E-state index < -0.39 is 18.1 Å². The molecule has 15 heavy (non-hydrogen) atoms. The molecule has 0 aromatic heterocycles. The Morgan fingerprint density at radius 2 is 1.93 bits per heavy atom. The van der Waals surface area contributed by atoms with Gasteiger partial charge in [0.25, 0.3) is 5.91 Å². The van der Waals surface area contributed by atoms with Crippen molar-refractivity contribution >= 4 is 12.0 Å². The van der Waals surface area contributed by atoms with Gasteiger partial charge in [-0.05, 0) is 5.56 Å². The topological polar surface area (TPSA) is 72.6 Å². The second kappa shape index (κ2) is 3.70. The maximum atomic E-state index is 11.4. The van der Waals surface area contributed by atoms with Crippen molar-refractivity contribution in [1.29, 1.82) is 0 Å². The van der Waals surface area contributed by atoms with Crippen molar-refractivity contribution in [3.8, 4) is 0 Å². The molecule has 0 saturated carbocycles. The highest BCUT2D eigenvalue weighted by Gasteiger charge is 2.38. The number of rotatable bonds is 2. The minimum absolute atomic E-state index is 0.360. The van der Waals surface area contributed by atoms with Gasteiger partial charge in [0.15, 0.2) is 6.10 Å². The maximum Gasteiger partial charge on any atom is 0.432 e. The first-order valence-electron chi connectivity index (χ1n) is 4.51. The van der Waals surface area contributed by atoms with Crippen LogP contribution in [0.15, 0.2) is 30.3 Å². The number of amides is 2. The van der Waals surface area contributed by atoms with E-state index in [1.165, 1.54) is 0 Å². The van der Waals surface area contributed by atoms with E-state index >= 15 is 0 Å². The molecule has 1 saturated heterocycles. The van der Waals surface area contributed by atoms with Gasteiger partial charge in [-0.25, -0.2) is 10.6 Å². The number of hydrazine groups is 1. The van der Waals surface area contributed by atoms with Gasteiger partial charge in [0, 0.05) is 6.42 Å². The molecule has 0 spiro atoms. The van der Waals surface area contributed by atoms with Crippen molar-refractivity contribution in [2.45, 2.75) is 12.5 Å². The molecule has 2 rings (SSSR count). The third kappa shape index (κ3) is 1.82. The quantitative estimate of drug-likeness (QED) is 0.563. The van der Waals surface area contributed by atoms with Crippen LogP contribution in [-0.2, 0) is 16.0 Å². The Bertz CT molecular complexity index is 391. The average Bonchev–Trinajstić information content (AvgIpc) is 2.48. The Morgan fingerprint density at radius 1 is 1.27 bits per heavy atom. The highest BCUT2D eigenvalue weighted by molar-refractivity contribution is 5.99. The van der Waals surface area contributed by atoms with Gasteiger partial charge in [-0.15, -0.1) is 0 Å². The Labute approximate surface area is 86.4 Å². The molecule has 1 unspecified atom stereocenters. The molecular formula is C10H10N2O3. The van der Waals surface area contributed by atoms with Crippen molar-refractivity contribution in [2.75, 3.05) is 0 Å². The molecule has 2 amide bonds. The van der Waals surface area contributed by atoms with Gasteiger partial charge in [-0.2, -0.15) is 5.01 Å². The third-order valence-corrected chi connectivity index (χ3v) is 2.22. The molecule has 0 aliphatic carbocycles. The Kier molecular flexibility index (Phi) is 2.39. The van der Waals surface area contributed by atoms with Gasteiger partial charge in [0.1, 0.15) is 0 Å². The van der Waals surface area contributed by atoms with Crippen LogP contribution in [0.2, 0.25) is 0 Å². The molecule has 0 radical (unpaired) electrons. The number of nitrogens with two attached hydrogens (primary N) is 1. The summed E-state index contributed by atoms with van der Waals surface area (Å²) in [7, 11) is 0. The van der Waals surface area contributed by atoms with Gasteiger partial charge in [0.2, 0.25) is 0 Å². The van der Waals surface area contributed by atoms with Crippen molar-refractivity contribution in [1.82, 2.24) is 5.01 Å². The number of imide groups is 1. The van der Waals surface area contributed by atoms with Crippen molar-refractivity contribution in [2.24, 2.45) is 5.84 Å². The highest BCUT2D eigenvalue weighted by Crippen LogP contribution is 2.14. The third-order valence-electron chi connectivity index (χ3n) is 2.22. The van der Waals surface area contributed by atoms with E-state index in [1.54, 1.807) is 0 Å². The van der Waals surface area contributed by atoms with Crippen molar-refractivity contribution in [3.05, 3.63) is 35.9 Å². The fourth-order valence-corrected chi connectivity index (χ4v) is 1.43. The molecule has 1 aliphatic heterocycles. The molecule has 1 aromatic rings. The SMILES string of the molecule is NN1C(=O)OC(Cc2ccccc2)C1=O. The van der Waals surface area contributed by atoms with Crippen LogP contribution < -0.4 is 5.84 Å². The molecule has 1 atom stereocenters. The molecule has 2 N–H and O–H groups in total. The molecule has 1 aliphatic rings. The van der Waals surface area contributed by atoms with Crippen LogP contribution in [0.3, 0.4) is 0 Å². The number of carbonyl (C=O) groups is 2. The lowest BCUT2D eigenvalue weighted by atomic mass is 10.1. The number of hydrogen-bond donors (Lipinski definition) is 1. The molecule has 1 fully saturated rings. The number of cyclic esters (lactones) is 1. The van der Waals surface area contributed by atoms with E-state index in [9.17, 15) is 9.59 Å². The van der Waals surface area contributed by atoms with E-state index in [4.69, 9.17) is 10.6 Å². The first-order chi connectivity index (χ1) is 7.18. The zero-order chi connectivity index (χ0) is 10.8. The molecule has 5 heteroatoms. The monoisotopic (exact) mass is 206 g/mol. The lowest BCUT2D eigenvalue weighted by Gasteiger charge is -2.05. The van der Waals surface area contributed by atoms with Gasteiger partial charge >= 0.3 is 6.09 Å². The lowest BCUT2D eigenvalue weighted by Crippen LogP contribution is -2.37. The molecule has 0 bridgehead atoms. The maximum absolute atomic E-state index is 11.4. The van der Waals surface area contributed by atoms with Crippen LogP contribution >= 0.6 is 0 Å². The summed E-state index contributed by atoms with van der Waals surface area (Å²) in [5.74, 6) is 4.68. The Morgan fingerprint density at radius 3 is 2.47 bits per heavy atom.